The topological polar surface area (TPSA) is 115 Å². The van der Waals surface area contributed by atoms with E-state index in [0.717, 1.165) is 19.3 Å². The largest absolute Gasteiger partial charge is 0.355 e. The Kier molecular flexibility index (Phi) is 7.27. The van der Waals surface area contributed by atoms with Gasteiger partial charge >= 0.3 is 0 Å². The maximum Gasteiger partial charge on any atom is 0.220 e. The minimum Gasteiger partial charge on any atom is -0.355 e. The van der Waals surface area contributed by atoms with Gasteiger partial charge in [-0.05, 0) is 19.4 Å². The minimum atomic E-state index is -3.48. The molecule has 0 aromatic heterocycles. The summed E-state index contributed by atoms with van der Waals surface area (Å²) < 4.78 is 21.0. The molecule has 0 aliphatic carbocycles. The zero-order valence-electron chi connectivity index (χ0n) is 8.74. The van der Waals surface area contributed by atoms with Crippen molar-refractivity contribution in [2.45, 2.75) is 25.7 Å². The van der Waals surface area contributed by atoms with Crippen molar-refractivity contribution >= 4 is 15.9 Å². The van der Waals surface area contributed by atoms with Crippen LogP contribution < -0.4 is 16.2 Å². The fourth-order valence-electron chi connectivity index (χ4n) is 1.03. The Morgan fingerprint density at radius 3 is 2.40 bits per heavy atom. The van der Waals surface area contributed by atoms with Gasteiger partial charge in [0.2, 0.25) is 15.9 Å². The molecule has 0 aromatic carbocycles. The molecule has 5 N–H and O–H groups in total. The predicted molar refractivity (Wildman–Crippen MR) is 58.5 cm³/mol. The number of hydrogen-bond donors (Lipinski definition) is 3. The molecule has 0 aliphatic heterocycles. The molecule has 0 aromatic rings. The summed E-state index contributed by atoms with van der Waals surface area (Å²) in [4.78, 5) is 11.1. The van der Waals surface area contributed by atoms with E-state index < -0.39 is 10.0 Å². The van der Waals surface area contributed by atoms with E-state index in [0.29, 0.717) is 13.0 Å². The Labute approximate surface area is 90.4 Å². The van der Waals surface area contributed by atoms with Crippen LogP contribution >= 0.6 is 0 Å². The number of rotatable bonds is 8. The molecule has 0 atom stereocenters. The Morgan fingerprint density at radius 2 is 1.87 bits per heavy atom. The van der Waals surface area contributed by atoms with Crippen molar-refractivity contribution in [3.8, 4) is 0 Å². The first-order chi connectivity index (χ1) is 6.95. The summed E-state index contributed by atoms with van der Waals surface area (Å²) in [5.41, 5.74) is 5.29. The molecule has 0 radical (unpaired) electrons. The standard InChI is InChI=1S/C8H19N3O3S/c9-5-3-1-2-4-8(12)11-6-7-15(10,13)14/h1-7,9H2,(H,11,12)(H2,10,13,14). The van der Waals surface area contributed by atoms with Crippen LogP contribution in [0.1, 0.15) is 25.7 Å². The molecule has 15 heavy (non-hydrogen) atoms. The van der Waals surface area contributed by atoms with Crippen LogP contribution in [0, 0.1) is 0 Å². The average Bonchev–Trinajstić information content (AvgIpc) is 2.10. The van der Waals surface area contributed by atoms with Crippen molar-refractivity contribution in [2.24, 2.45) is 10.9 Å². The molecule has 0 saturated carbocycles. The monoisotopic (exact) mass is 237 g/mol. The lowest BCUT2D eigenvalue weighted by atomic mass is 10.2. The van der Waals surface area contributed by atoms with Gasteiger partial charge in [-0.1, -0.05) is 6.42 Å². The zero-order valence-corrected chi connectivity index (χ0v) is 9.55. The number of hydrogen-bond acceptors (Lipinski definition) is 4. The van der Waals surface area contributed by atoms with Crippen LogP contribution in [0.2, 0.25) is 0 Å². The molecule has 7 heteroatoms. The molecular weight excluding hydrogens is 218 g/mol. The lowest BCUT2D eigenvalue weighted by molar-refractivity contribution is -0.121. The number of carbonyl (C=O) groups is 1. The van der Waals surface area contributed by atoms with E-state index in [1.165, 1.54) is 0 Å². The SMILES string of the molecule is NCCCCCC(=O)NCCS(N)(=O)=O. The molecule has 0 rings (SSSR count). The van der Waals surface area contributed by atoms with Crippen LogP contribution in [0.3, 0.4) is 0 Å². The van der Waals surface area contributed by atoms with Gasteiger partial charge < -0.3 is 11.1 Å². The Hall–Kier alpha value is -0.660. The minimum absolute atomic E-state index is 0.0779. The van der Waals surface area contributed by atoms with Crippen molar-refractivity contribution in [2.75, 3.05) is 18.8 Å². The first-order valence-corrected chi connectivity index (χ1v) is 6.64. The van der Waals surface area contributed by atoms with Gasteiger partial charge in [-0.15, -0.1) is 0 Å². The maximum absolute atomic E-state index is 11.1. The summed E-state index contributed by atoms with van der Waals surface area (Å²) in [5.74, 6) is -0.364. The number of sulfonamides is 1. The third kappa shape index (κ3) is 11.3. The average molecular weight is 237 g/mol. The predicted octanol–water partition coefficient (Wildman–Crippen LogP) is -1.09. The van der Waals surface area contributed by atoms with Gasteiger partial charge in [0.15, 0.2) is 0 Å². The maximum atomic E-state index is 11.1. The van der Waals surface area contributed by atoms with Crippen LogP contribution in [-0.2, 0) is 14.8 Å². The van der Waals surface area contributed by atoms with Gasteiger partial charge in [-0.3, -0.25) is 4.79 Å². The Balaban J connectivity index is 3.42. The van der Waals surface area contributed by atoms with Gasteiger partial charge in [0, 0.05) is 13.0 Å². The molecule has 0 spiro atoms. The smallest absolute Gasteiger partial charge is 0.220 e. The number of unbranched alkanes of at least 4 members (excludes halogenated alkanes) is 2. The quantitative estimate of drug-likeness (QED) is 0.465. The summed E-state index contributed by atoms with van der Waals surface area (Å²) in [7, 11) is -3.48. The highest BCUT2D eigenvalue weighted by Crippen LogP contribution is 1.97. The Morgan fingerprint density at radius 1 is 1.20 bits per heavy atom. The number of carbonyl (C=O) groups excluding carboxylic acids is 1. The highest BCUT2D eigenvalue weighted by molar-refractivity contribution is 7.89. The molecule has 6 nitrogen and oxygen atoms in total. The van der Waals surface area contributed by atoms with Crippen LogP contribution in [0.4, 0.5) is 0 Å². The van der Waals surface area contributed by atoms with E-state index in [4.69, 9.17) is 10.9 Å². The van der Waals surface area contributed by atoms with Crippen LogP contribution in [0.5, 0.6) is 0 Å². The highest BCUT2D eigenvalue weighted by Gasteiger charge is 2.04. The van der Waals surface area contributed by atoms with Crippen LogP contribution in [0.25, 0.3) is 0 Å². The van der Waals surface area contributed by atoms with Gasteiger partial charge in [0.25, 0.3) is 0 Å². The number of amides is 1. The first kappa shape index (κ1) is 14.3. The van der Waals surface area contributed by atoms with E-state index in [1.54, 1.807) is 0 Å². The highest BCUT2D eigenvalue weighted by atomic mass is 32.2. The number of primary sulfonamides is 1. The van der Waals surface area contributed by atoms with Crippen LogP contribution in [0.15, 0.2) is 0 Å². The van der Waals surface area contributed by atoms with Crippen molar-refractivity contribution in [1.82, 2.24) is 5.32 Å². The molecule has 0 bridgehead atoms. The molecule has 0 heterocycles. The third-order valence-electron chi connectivity index (χ3n) is 1.82. The van der Waals surface area contributed by atoms with E-state index >= 15 is 0 Å². The van der Waals surface area contributed by atoms with E-state index in [2.05, 4.69) is 5.32 Å². The van der Waals surface area contributed by atoms with E-state index in [9.17, 15) is 13.2 Å². The summed E-state index contributed by atoms with van der Waals surface area (Å²) >= 11 is 0. The lowest BCUT2D eigenvalue weighted by Gasteiger charge is -2.03. The summed E-state index contributed by atoms with van der Waals surface area (Å²) in [6, 6.07) is 0. The normalized spacial score (nSPS) is 11.3. The van der Waals surface area contributed by atoms with Crippen molar-refractivity contribution in [3.05, 3.63) is 0 Å². The molecule has 1 amide bonds. The van der Waals surface area contributed by atoms with Crippen molar-refractivity contribution in [1.29, 1.82) is 0 Å². The summed E-state index contributed by atoms with van der Waals surface area (Å²) in [5, 5.41) is 7.26. The second kappa shape index (κ2) is 7.61. The summed E-state index contributed by atoms with van der Waals surface area (Å²) in [6.45, 7) is 0.710. The summed E-state index contributed by atoms with van der Waals surface area (Å²) in [6.07, 6.45) is 3.01. The first-order valence-electron chi connectivity index (χ1n) is 4.93. The van der Waals surface area contributed by atoms with E-state index in [-0.39, 0.29) is 18.2 Å². The molecule has 90 valence electrons. The van der Waals surface area contributed by atoms with Gasteiger partial charge in [0.05, 0.1) is 5.75 Å². The third-order valence-corrected chi connectivity index (χ3v) is 2.59. The van der Waals surface area contributed by atoms with Crippen LogP contribution in [-0.4, -0.2) is 33.2 Å². The number of nitrogens with one attached hydrogen (secondary N) is 1. The molecule has 0 fully saturated rings. The van der Waals surface area contributed by atoms with Gasteiger partial charge in [0.1, 0.15) is 0 Å². The molecule has 0 unspecified atom stereocenters. The number of nitrogens with two attached hydrogens (primary N) is 2. The Bertz CT molecular complexity index is 277. The van der Waals surface area contributed by atoms with Gasteiger partial charge in [-0.2, -0.15) is 0 Å². The van der Waals surface area contributed by atoms with E-state index in [1.807, 2.05) is 0 Å². The fourth-order valence-corrected chi connectivity index (χ4v) is 1.41. The lowest BCUT2D eigenvalue weighted by Crippen LogP contribution is -2.31. The second-order valence-corrected chi connectivity index (χ2v) is 5.05. The van der Waals surface area contributed by atoms with Crippen molar-refractivity contribution < 1.29 is 13.2 Å². The van der Waals surface area contributed by atoms with Crippen molar-refractivity contribution in [3.63, 3.8) is 0 Å². The molecule has 0 saturated heterocycles. The fraction of sp³-hybridized carbons (Fsp3) is 0.875. The molecule has 0 aliphatic rings. The molecular formula is C8H19N3O3S. The van der Waals surface area contributed by atoms with Gasteiger partial charge in [-0.25, -0.2) is 13.6 Å². The second-order valence-electron chi connectivity index (χ2n) is 3.32. The zero-order chi connectivity index (χ0) is 11.7.